The Kier molecular flexibility index (Phi) is 8.79. The van der Waals surface area contributed by atoms with Crippen molar-refractivity contribution in [3.63, 3.8) is 0 Å². The minimum Gasteiger partial charge on any atom is -0.311 e. The molecular weight excluding hydrogens is 743 g/mol. The van der Waals surface area contributed by atoms with Crippen LogP contribution >= 0.6 is 11.3 Å². The standard InChI is InChI=1S/C58H45NS/c1-36(2)38-19-26-44(27-20-38)59(45-28-21-39(22-29-45)37(3)4)46-30-23-41(24-31-46)57-49-13-7-9-15-51(49)58(52-16-10-8-14-50(52)57)43-25-32-48-54-35-53-42(33-56(54)60-55(48)34-43)18-17-40-11-5-6-12-47(40)53/h5-37H,1-4H3. The monoisotopic (exact) mass is 787 g/mol. The molecule has 0 amide bonds. The molecule has 11 aromatic rings. The highest BCUT2D eigenvalue weighted by Gasteiger charge is 2.19. The van der Waals surface area contributed by atoms with Crippen molar-refractivity contribution >= 4 is 91.7 Å². The van der Waals surface area contributed by atoms with E-state index in [0.29, 0.717) is 11.8 Å². The first-order valence-corrected chi connectivity index (χ1v) is 22.0. The van der Waals surface area contributed by atoms with E-state index in [1.54, 1.807) is 0 Å². The minimum absolute atomic E-state index is 0.481. The molecule has 0 spiro atoms. The van der Waals surface area contributed by atoms with E-state index in [4.69, 9.17) is 0 Å². The van der Waals surface area contributed by atoms with E-state index < -0.39 is 0 Å². The van der Waals surface area contributed by atoms with E-state index in [1.165, 1.54) is 96.6 Å². The molecule has 1 heterocycles. The maximum absolute atomic E-state index is 2.43. The highest BCUT2D eigenvalue weighted by atomic mass is 32.1. The van der Waals surface area contributed by atoms with Gasteiger partial charge < -0.3 is 4.90 Å². The predicted molar refractivity (Wildman–Crippen MR) is 263 cm³/mol. The molecule has 0 aliphatic carbocycles. The van der Waals surface area contributed by atoms with Gasteiger partial charge >= 0.3 is 0 Å². The molecule has 0 unspecified atom stereocenters. The summed E-state index contributed by atoms with van der Waals surface area (Å²) in [6.45, 7) is 9.01. The summed E-state index contributed by atoms with van der Waals surface area (Å²) in [5.74, 6) is 0.962. The fraction of sp³-hybridized carbons (Fsp3) is 0.103. The molecule has 288 valence electrons. The van der Waals surface area contributed by atoms with Crippen molar-refractivity contribution in [2.75, 3.05) is 4.90 Å². The van der Waals surface area contributed by atoms with Crippen LogP contribution in [0.3, 0.4) is 0 Å². The Labute approximate surface area is 355 Å². The van der Waals surface area contributed by atoms with Crippen molar-refractivity contribution in [2.45, 2.75) is 39.5 Å². The van der Waals surface area contributed by atoms with Crippen molar-refractivity contribution in [2.24, 2.45) is 0 Å². The van der Waals surface area contributed by atoms with Gasteiger partial charge in [0, 0.05) is 37.2 Å². The number of nitrogens with zero attached hydrogens (tertiary/aromatic N) is 1. The van der Waals surface area contributed by atoms with Gasteiger partial charge in [-0.2, -0.15) is 0 Å². The van der Waals surface area contributed by atoms with E-state index in [-0.39, 0.29) is 0 Å². The summed E-state index contributed by atoms with van der Waals surface area (Å²) >= 11 is 1.90. The van der Waals surface area contributed by atoms with Crippen LogP contribution < -0.4 is 4.90 Å². The van der Waals surface area contributed by atoms with E-state index >= 15 is 0 Å². The molecule has 0 saturated carbocycles. The molecule has 2 heteroatoms. The second-order valence-electron chi connectivity index (χ2n) is 16.9. The lowest BCUT2D eigenvalue weighted by molar-refractivity contribution is 0.866. The van der Waals surface area contributed by atoms with Gasteiger partial charge in [-0.05, 0) is 143 Å². The van der Waals surface area contributed by atoms with E-state index in [1.807, 2.05) is 11.3 Å². The summed E-state index contributed by atoms with van der Waals surface area (Å²) in [7, 11) is 0. The highest BCUT2D eigenvalue weighted by molar-refractivity contribution is 7.26. The molecule has 0 aliphatic heterocycles. The van der Waals surface area contributed by atoms with E-state index in [9.17, 15) is 0 Å². The summed E-state index contributed by atoms with van der Waals surface area (Å²) < 4.78 is 2.65. The number of benzene rings is 10. The van der Waals surface area contributed by atoms with Crippen molar-refractivity contribution in [3.8, 4) is 22.3 Å². The molecule has 10 aromatic carbocycles. The number of hydrogen-bond acceptors (Lipinski definition) is 2. The number of rotatable bonds is 7. The smallest absolute Gasteiger partial charge is 0.0462 e. The maximum atomic E-state index is 2.43. The fourth-order valence-electron chi connectivity index (χ4n) is 9.42. The number of fused-ring (bicyclic) bond motifs is 8. The van der Waals surface area contributed by atoms with Gasteiger partial charge in [0.25, 0.3) is 0 Å². The van der Waals surface area contributed by atoms with Gasteiger partial charge in [-0.1, -0.05) is 161 Å². The molecule has 11 rings (SSSR count). The number of hydrogen-bond donors (Lipinski definition) is 0. The Hall–Kier alpha value is -6.74. The highest BCUT2D eigenvalue weighted by Crippen LogP contribution is 2.47. The molecular formula is C58H45NS. The summed E-state index contributed by atoms with van der Waals surface area (Å²) in [4.78, 5) is 2.38. The molecule has 0 radical (unpaired) electrons. The van der Waals surface area contributed by atoms with Crippen LogP contribution in [0.1, 0.15) is 50.7 Å². The van der Waals surface area contributed by atoms with Crippen LogP contribution in [0, 0.1) is 0 Å². The Morgan fingerprint density at radius 3 is 1.33 bits per heavy atom. The summed E-state index contributed by atoms with van der Waals surface area (Å²) in [6, 6.07) is 70.5. The van der Waals surface area contributed by atoms with Gasteiger partial charge in [-0.15, -0.1) is 11.3 Å². The first-order valence-electron chi connectivity index (χ1n) is 21.2. The van der Waals surface area contributed by atoms with Gasteiger partial charge in [0.2, 0.25) is 0 Å². The van der Waals surface area contributed by atoms with E-state index in [2.05, 4.69) is 221 Å². The van der Waals surface area contributed by atoms with Gasteiger partial charge in [0.05, 0.1) is 0 Å². The van der Waals surface area contributed by atoms with Gasteiger partial charge in [0.15, 0.2) is 0 Å². The molecule has 0 saturated heterocycles. The lowest BCUT2D eigenvalue weighted by atomic mass is 9.86. The van der Waals surface area contributed by atoms with Gasteiger partial charge in [-0.3, -0.25) is 0 Å². The number of thiophene rings is 1. The van der Waals surface area contributed by atoms with Crippen molar-refractivity contribution in [1.29, 1.82) is 0 Å². The zero-order chi connectivity index (χ0) is 40.5. The first-order chi connectivity index (χ1) is 29.4. The van der Waals surface area contributed by atoms with Gasteiger partial charge in [-0.25, -0.2) is 0 Å². The first kappa shape index (κ1) is 36.3. The Morgan fingerprint density at radius 2 is 0.783 bits per heavy atom. The molecule has 0 aliphatic rings. The van der Waals surface area contributed by atoms with Gasteiger partial charge in [0.1, 0.15) is 0 Å². The summed E-state index contributed by atoms with van der Waals surface area (Å²) in [5, 5.41) is 12.9. The molecule has 0 atom stereocenters. The van der Waals surface area contributed by atoms with Crippen molar-refractivity contribution in [1.82, 2.24) is 0 Å². The largest absolute Gasteiger partial charge is 0.311 e. The topological polar surface area (TPSA) is 3.24 Å². The zero-order valence-electron chi connectivity index (χ0n) is 34.4. The normalized spacial score (nSPS) is 12.0. The lowest BCUT2D eigenvalue weighted by Gasteiger charge is -2.26. The molecule has 0 N–H and O–H groups in total. The van der Waals surface area contributed by atoms with Crippen LogP contribution in [0.25, 0.3) is 85.5 Å². The van der Waals surface area contributed by atoms with Crippen LogP contribution in [0.15, 0.2) is 188 Å². The van der Waals surface area contributed by atoms with Crippen LogP contribution in [0.5, 0.6) is 0 Å². The Bertz CT molecular complexity index is 3300. The molecule has 60 heavy (non-hydrogen) atoms. The average molecular weight is 788 g/mol. The SMILES string of the molecule is CC(C)c1ccc(N(c2ccc(-c3c4ccccc4c(-c4ccc5c(c4)sc4cc6ccc7ccccc7c6cc45)c4ccccc34)cc2)c2ccc(C(C)C)cc2)cc1. The van der Waals surface area contributed by atoms with Crippen molar-refractivity contribution < 1.29 is 0 Å². The molecule has 0 bridgehead atoms. The van der Waals surface area contributed by atoms with Crippen LogP contribution in [-0.4, -0.2) is 0 Å². The third-order valence-electron chi connectivity index (χ3n) is 12.6. The zero-order valence-corrected chi connectivity index (χ0v) is 35.2. The van der Waals surface area contributed by atoms with Crippen LogP contribution in [0.2, 0.25) is 0 Å². The third kappa shape index (κ3) is 6.05. The molecule has 0 fully saturated rings. The summed E-state index contributed by atoms with van der Waals surface area (Å²) in [5.41, 5.74) is 11.2. The second kappa shape index (κ2) is 14.5. The van der Waals surface area contributed by atoms with Crippen LogP contribution in [0.4, 0.5) is 17.1 Å². The fourth-order valence-corrected chi connectivity index (χ4v) is 10.6. The quantitative estimate of drug-likeness (QED) is 0.115. The maximum Gasteiger partial charge on any atom is 0.0462 e. The minimum atomic E-state index is 0.481. The Morgan fingerprint density at radius 1 is 0.333 bits per heavy atom. The van der Waals surface area contributed by atoms with Crippen molar-refractivity contribution in [3.05, 3.63) is 199 Å². The average Bonchev–Trinajstić information content (AvgIpc) is 3.64. The Balaban J connectivity index is 1.04. The summed E-state index contributed by atoms with van der Waals surface area (Å²) in [6.07, 6.45) is 0. The van der Waals surface area contributed by atoms with E-state index in [0.717, 1.165) is 17.1 Å². The molecule has 1 nitrogen and oxygen atoms in total. The second-order valence-corrected chi connectivity index (χ2v) is 18.0. The van der Waals surface area contributed by atoms with Crippen LogP contribution in [-0.2, 0) is 0 Å². The third-order valence-corrected chi connectivity index (χ3v) is 13.7. The predicted octanol–water partition coefficient (Wildman–Crippen LogP) is 17.7. The lowest BCUT2D eigenvalue weighted by Crippen LogP contribution is -2.10. The molecule has 1 aromatic heterocycles. The number of anilines is 3.